The zero-order valence-corrected chi connectivity index (χ0v) is 22.5. The number of nitrogens with two attached hydrogens (primary N) is 1. The predicted molar refractivity (Wildman–Crippen MR) is 147 cm³/mol. The Morgan fingerprint density at radius 2 is 1.76 bits per heavy atom. The number of fused-ring (bicyclic) bond motifs is 1. The van der Waals surface area contributed by atoms with Gasteiger partial charge in [-0.15, -0.1) is 6.42 Å². The van der Waals surface area contributed by atoms with Gasteiger partial charge in [0.25, 0.3) is 8.32 Å². The van der Waals surface area contributed by atoms with Crippen LogP contribution in [0.4, 0.5) is 10.2 Å². The van der Waals surface area contributed by atoms with Gasteiger partial charge >= 0.3 is 0 Å². The topological polar surface area (TPSA) is 92.3 Å². The molecular formula is C29H29FN4O3Si. The smallest absolute Gasteiger partial charge is 0.261 e. The number of carbonyl (C=O) groups is 1. The minimum atomic E-state index is -2.99. The minimum absolute atomic E-state index is 0.00815. The first-order valence-corrected chi connectivity index (χ1v) is 14.2. The molecule has 1 aliphatic rings. The second-order valence-electron chi connectivity index (χ2n) is 10.5. The Morgan fingerprint density at radius 1 is 1.16 bits per heavy atom. The molecule has 1 aliphatic heterocycles. The lowest BCUT2D eigenvalue weighted by Crippen LogP contribution is -2.67. The number of ether oxygens (including phenoxy) is 1. The second-order valence-corrected chi connectivity index (χ2v) is 14.8. The number of aromatic nitrogens is 3. The summed E-state index contributed by atoms with van der Waals surface area (Å²) in [4.78, 5) is 21.5. The van der Waals surface area contributed by atoms with E-state index in [1.54, 1.807) is 0 Å². The van der Waals surface area contributed by atoms with Crippen molar-refractivity contribution >= 4 is 41.3 Å². The van der Waals surface area contributed by atoms with Crippen LogP contribution < -0.4 is 16.1 Å². The Kier molecular flexibility index (Phi) is 6.43. The number of halogens is 1. The van der Waals surface area contributed by atoms with Crippen LogP contribution >= 0.6 is 0 Å². The summed E-state index contributed by atoms with van der Waals surface area (Å²) >= 11 is 0. The summed E-state index contributed by atoms with van der Waals surface area (Å²) < 4.78 is 29.3. The van der Waals surface area contributed by atoms with Gasteiger partial charge in [0.2, 0.25) is 5.60 Å². The van der Waals surface area contributed by atoms with Crippen molar-refractivity contribution in [1.82, 2.24) is 14.5 Å². The molecule has 0 spiro atoms. The number of carbonyl (C=O) groups excluding carboxylic acids is 1. The van der Waals surface area contributed by atoms with Gasteiger partial charge in [0.15, 0.2) is 17.2 Å². The molecule has 0 unspecified atom stereocenters. The lowest BCUT2D eigenvalue weighted by molar-refractivity contribution is -0.131. The number of ketones is 1. The Bertz CT molecular complexity index is 1490. The summed E-state index contributed by atoms with van der Waals surface area (Å²) in [5.74, 6) is 1.68. The van der Waals surface area contributed by atoms with Crippen LogP contribution in [0.25, 0.3) is 11.0 Å². The molecule has 1 saturated heterocycles. The van der Waals surface area contributed by atoms with E-state index < -0.39 is 26.0 Å². The first-order valence-electron chi connectivity index (χ1n) is 12.3. The lowest BCUT2D eigenvalue weighted by Gasteiger charge is -2.44. The molecule has 3 heterocycles. The molecule has 0 bridgehead atoms. The highest BCUT2D eigenvalue weighted by Gasteiger charge is 2.55. The van der Waals surface area contributed by atoms with Crippen LogP contribution in [0.3, 0.4) is 0 Å². The fraction of sp³-hybridized carbons (Fsp3) is 0.276. The number of hydrogen-bond donors (Lipinski definition) is 1. The van der Waals surface area contributed by atoms with Crippen LogP contribution in [0.2, 0.25) is 5.04 Å². The molecule has 0 amide bonds. The van der Waals surface area contributed by atoms with Crippen molar-refractivity contribution < 1.29 is 18.3 Å². The zero-order chi connectivity index (χ0) is 27.1. The highest BCUT2D eigenvalue weighted by atomic mass is 28.4. The summed E-state index contributed by atoms with van der Waals surface area (Å²) in [6.45, 7) is 6.27. The Hall–Kier alpha value is -3.84. The molecule has 2 N–H and O–H groups in total. The summed E-state index contributed by atoms with van der Waals surface area (Å²) in [6, 6.07) is 20.1. The largest absolute Gasteiger partial charge is 0.403 e. The van der Waals surface area contributed by atoms with E-state index in [-0.39, 0.29) is 40.7 Å². The SMILES string of the molecule is C#C[C@]1(CO[Si](c2ccccc2)(c2ccccc2)C(C)(C)C)O[C@@H](n2cc(F)c3c(N)ncnc32)CC1=O. The number of hydrogen-bond acceptors (Lipinski definition) is 6. The van der Waals surface area contributed by atoms with Crippen molar-refractivity contribution in [3.8, 4) is 12.3 Å². The standard InChI is InChI=1S/C29H29FN4O3Si/c1-5-29(23(35)16-24(37-29)34-17-22(30)25-26(31)32-19-33-27(25)34)18-36-38(28(2,3)4,20-12-8-6-9-13-20)21-14-10-7-11-15-21/h1,6-15,17,19,24H,16,18H2,2-4H3,(H2,31,32,33)/t24-,29-/m1/s1. The maximum Gasteiger partial charge on any atom is 0.261 e. The third kappa shape index (κ3) is 4.02. The van der Waals surface area contributed by atoms with Crippen LogP contribution in [0, 0.1) is 18.2 Å². The molecule has 7 nitrogen and oxygen atoms in total. The van der Waals surface area contributed by atoms with E-state index in [4.69, 9.17) is 21.3 Å². The Labute approximate surface area is 221 Å². The summed E-state index contributed by atoms with van der Waals surface area (Å²) in [5.41, 5.74) is 4.44. The van der Waals surface area contributed by atoms with E-state index in [2.05, 4.69) is 60.9 Å². The first-order chi connectivity index (χ1) is 18.1. The molecular weight excluding hydrogens is 499 g/mol. The van der Waals surface area contributed by atoms with Crippen molar-refractivity contribution in [2.24, 2.45) is 0 Å². The summed E-state index contributed by atoms with van der Waals surface area (Å²) in [7, 11) is -2.99. The van der Waals surface area contributed by atoms with Gasteiger partial charge in [-0.2, -0.15) is 0 Å². The third-order valence-electron chi connectivity index (χ3n) is 7.19. The third-order valence-corrected chi connectivity index (χ3v) is 12.2. The molecule has 9 heteroatoms. The fourth-order valence-corrected chi connectivity index (χ4v) is 9.92. The van der Waals surface area contributed by atoms with E-state index in [9.17, 15) is 9.18 Å². The van der Waals surface area contributed by atoms with Crippen molar-refractivity contribution in [2.75, 3.05) is 12.3 Å². The van der Waals surface area contributed by atoms with Crippen LogP contribution in [-0.4, -0.2) is 40.8 Å². The van der Waals surface area contributed by atoms with E-state index in [1.807, 2.05) is 36.4 Å². The average Bonchev–Trinajstić information content (AvgIpc) is 3.42. The number of nitrogens with zero attached hydrogens (tertiary/aromatic N) is 3. The highest BCUT2D eigenvalue weighted by Crippen LogP contribution is 2.41. The van der Waals surface area contributed by atoms with Gasteiger partial charge in [-0.25, -0.2) is 14.4 Å². The first kappa shape index (κ1) is 25.8. The predicted octanol–water partition coefficient (Wildman–Crippen LogP) is 3.59. The van der Waals surface area contributed by atoms with Gasteiger partial charge in [0.1, 0.15) is 18.4 Å². The minimum Gasteiger partial charge on any atom is -0.403 e. The molecule has 0 saturated carbocycles. The van der Waals surface area contributed by atoms with Crippen LogP contribution in [0.1, 0.15) is 33.4 Å². The maximum absolute atomic E-state index is 14.7. The van der Waals surface area contributed by atoms with Gasteiger partial charge in [-0.1, -0.05) is 87.4 Å². The number of anilines is 1. The highest BCUT2D eigenvalue weighted by molar-refractivity contribution is 6.99. The van der Waals surface area contributed by atoms with Gasteiger partial charge in [-0.05, 0) is 15.4 Å². The van der Waals surface area contributed by atoms with Gasteiger partial charge in [0.05, 0.1) is 18.4 Å². The summed E-state index contributed by atoms with van der Waals surface area (Å²) in [6.07, 6.45) is 7.48. The normalized spacial score (nSPS) is 20.1. The van der Waals surface area contributed by atoms with Crippen molar-refractivity contribution in [2.45, 2.75) is 44.1 Å². The van der Waals surface area contributed by atoms with Gasteiger partial charge in [-0.3, -0.25) is 4.79 Å². The van der Waals surface area contributed by atoms with E-state index in [1.165, 1.54) is 17.1 Å². The molecule has 1 fully saturated rings. The molecule has 2 atom stereocenters. The van der Waals surface area contributed by atoms with E-state index in [0.29, 0.717) is 0 Å². The van der Waals surface area contributed by atoms with E-state index >= 15 is 0 Å². The number of benzene rings is 2. The van der Waals surface area contributed by atoms with Gasteiger partial charge < -0.3 is 19.5 Å². The molecule has 0 aliphatic carbocycles. The molecule has 0 radical (unpaired) electrons. The molecule has 2 aromatic heterocycles. The number of terminal acetylenes is 1. The maximum atomic E-state index is 14.7. The average molecular weight is 529 g/mol. The zero-order valence-electron chi connectivity index (χ0n) is 21.5. The molecule has 38 heavy (non-hydrogen) atoms. The number of rotatable bonds is 6. The van der Waals surface area contributed by atoms with Crippen LogP contribution in [-0.2, 0) is 14.0 Å². The lowest BCUT2D eigenvalue weighted by atomic mass is 10.0. The monoisotopic (exact) mass is 528 g/mol. The quantitative estimate of drug-likeness (QED) is 0.304. The van der Waals surface area contributed by atoms with Crippen LogP contribution in [0.15, 0.2) is 73.2 Å². The second kappa shape index (κ2) is 9.47. The summed E-state index contributed by atoms with van der Waals surface area (Å²) in [5, 5.41) is 1.86. The number of Topliss-reactive ketones (excluding diaryl/α,β-unsaturated/α-hetero) is 1. The van der Waals surface area contributed by atoms with Crippen molar-refractivity contribution in [3.05, 3.63) is 79.0 Å². The van der Waals surface area contributed by atoms with Crippen LogP contribution in [0.5, 0.6) is 0 Å². The van der Waals surface area contributed by atoms with E-state index in [0.717, 1.165) is 10.4 Å². The van der Waals surface area contributed by atoms with Crippen molar-refractivity contribution in [1.29, 1.82) is 0 Å². The molecule has 194 valence electrons. The fourth-order valence-electron chi connectivity index (χ4n) is 5.34. The Morgan fingerprint density at radius 3 is 2.32 bits per heavy atom. The molecule has 4 aromatic rings. The Balaban J connectivity index is 1.55. The van der Waals surface area contributed by atoms with Crippen molar-refractivity contribution in [3.63, 3.8) is 0 Å². The molecule has 5 rings (SSSR count). The van der Waals surface area contributed by atoms with Gasteiger partial charge in [0, 0.05) is 6.20 Å². The molecule has 2 aromatic carbocycles. The number of nitrogen functional groups attached to an aromatic ring is 1.